The molecule has 0 aliphatic carbocycles. The number of carbonyl (C=O) groups is 1. The van der Waals surface area contributed by atoms with Crippen LogP contribution in [-0.2, 0) is 0 Å². The van der Waals surface area contributed by atoms with Crippen molar-refractivity contribution in [2.75, 3.05) is 6.54 Å². The summed E-state index contributed by atoms with van der Waals surface area (Å²) in [5.74, 6) is -0.149. The molecule has 16 heavy (non-hydrogen) atoms. The molecule has 0 aromatic heterocycles. The maximum atomic E-state index is 11.7. The molecule has 2 N–H and O–H groups in total. The highest BCUT2D eigenvalue weighted by molar-refractivity contribution is 5.94. The standard InChI is InChI=1S/C13H19NO2/c1-13(2,3)11(15)9-14-12(16)10-7-5-4-6-8-10/h4-8,11,15H,9H2,1-3H3,(H,14,16). The van der Waals surface area contributed by atoms with E-state index in [1.807, 2.05) is 39.0 Å². The Morgan fingerprint density at radius 3 is 2.38 bits per heavy atom. The van der Waals surface area contributed by atoms with Gasteiger partial charge in [0, 0.05) is 12.1 Å². The van der Waals surface area contributed by atoms with E-state index < -0.39 is 6.10 Å². The van der Waals surface area contributed by atoms with Gasteiger partial charge in [0.15, 0.2) is 0 Å². The summed E-state index contributed by atoms with van der Waals surface area (Å²) < 4.78 is 0. The van der Waals surface area contributed by atoms with Gasteiger partial charge in [-0.05, 0) is 17.5 Å². The molecular formula is C13H19NO2. The van der Waals surface area contributed by atoms with Crippen molar-refractivity contribution in [3.8, 4) is 0 Å². The second-order valence-corrected chi connectivity index (χ2v) is 4.96. The number of amides is 1. The van der Waals surface area contributed by atoms with E-state index in [-0.39, 0.29) is 17.9 Å². The van der Waals surface area contributed by atoms with Crippen molar-refractivity contribution in [2.24, 2.45) is 5.41 Å². The first-order valence-electron chi connectivity index (χ1n) is 5.42. The lowest BCUT2D eigenvalue weighted by atomic mass is 9.89. The Hall–Kier alpha value is -1.35. The van der Waals surface area contributed by atoms with Crippen LogP contribution >= 0.6 is 0 Å². The van der Waals surface area contributed by atoms with Crippen molar-refractivity contribution < 1.29 is 9.90 Å². The molecule has 0 aliphatic rings. The van der Waals surface area contributed by atoms with Crippen molar-refractivity contribution >= 4 is 5.91 Å². The first kappa shape index (κ1) is 12.7. The number of hydrogen-bond acceptors (Lipinski definition) is 2. The van der Waals surface area contributed by atoms with Crippen molar-refractivity contribution in [1.29, 1.82) is 0 Å². The molecule has 0 heterocycles. The lowest BCUT2D eigenvalue weighted by molar-refractivity contribution is 0.0587. The maximum absolute atomic E-state index is 11.7. The van der Waals surface area contributed by atoms with E-state index in [1.54, 1.807) is 12.1 Å². The van der Waals surface area contributed by atoms with E-state index in [1.165, 1.54) is 0 Å². The van der Waals surface area contributed by atoms with Crippen molar-refractivity contribution in [3.05, 3.63) is 35.9 Å². The van der Waals surface area contributed by atoms with E-state index >= 15 is 0 Å². The lowest BCUT2D eigenvalue weighted by Crippen LogP contribution is -2.39. The summed E-state index contributed by atoms with van der Waals surface area (Å²) in [6.45, 7) is 6.09. The van der Waals surface area contributed by atoms with Crippen LogP contribution < -0.4 is 5.32 Å². The smallest absolute Gasteiger partial charge is 0.251 e. The molecule has 1 aromatic rings. The quantitative estimate of drug-likeness (QED) is 0.818. The number of benzene rings is 1. The molecule has 0 saturated carbocycles. The zero-order valence-corrected chi connectivity index (χ0v) is 10.0. The van der Waals surface area contributed by atoms with Crippen LogP contribution in [0.2, 0.25) is 0 Å². The van der Waals surface area contributed by atoms with Crippen LogP contribution in [0.15, 0.2) is 30.3 Å². The topological polar surface area (TPSA) is 49.3 Å². The minimum Gasteiger partial charge on any atom is -0.391 e. The van der Waals surface area contributed by atoms with Crippen LogP contribution in [0, 0.1) is 5.41 Å². The molecule has 88 valence electrons. The number of nitrogens with one attached hydrogen (secondary N) is 1. The van der Waals surface area contributed by atoms with Gasteiger partial charge in [0.2, 0.25) is 0 Å². The number of hydrogen-bond donors (Lipinski definition) is 2. The van der Waals surface area contributed by atoms with E-state index in [0.717, 1.165) is 0 Å². The van der Waals surface area contributed by atoms with Crippen LogP contribution in [0.3, 0.4) is 0 Å². The molecule has 0 saturated heterocycles. The van der Waals surface area contributed by atoms with Crippen LogP contribution in [0.5, 0.6) is 0 Å². The summed E-state index contributed by atoms with van der Waals surface area (Å²) in [5, 5.41) is 12.5. The Bertz CT molecular complexity index is 341. The van der Waals surface area contributed by atoms with Crippen LogP contribution in [0.4, 0.5) is 0 Å². The summed E-state index contributed by atoms with van der Waals surface area (Å²) in [6, 6.07) is 8.99. The molecule has 3 heteroatoms. The van der Waals surface area contributed by atoms with Gasteiger partial charge in [0.05, 0.1) is 6.10 Å². The van der Waals surface area contributed by atoms with Gasteiger partial charge in [-0.3, -0.25) is 4.79 Å². The van der Waals surface area contributed by atoms with Gasteiger partial charge in [-0.2, -0.15) is 0 Å². The highest BCUT2D eigenvalue weighted by Gasteiger charge is 2.22. The second-order valence-electron chi connectivity index (χ2n) is 4.96. The Kier molecular flexibility index (Phi) is 4.07. The van der Waals surface area contributed by atoms with Crippen molar-refractivity contribution in [3.63, 3.8) is 0 Å². The van der Waals surface area contributed by atoms with Gasteiger partial charge in [0.1, 0.15) is 0 Å². The van der Waals surface area contributed by atoms with Gasteiger partial charge in [-0.1, -0.05) is 39.0 Å². The largest absolute Gasteiger partial charge is 0.391 e. The van der Waals surface area contributed by atoms with E-state index in [2.05, 4.69) is 5.32 Å². The second kappa shape index (κ2) is 5.12. The van der Waals surface area contributed by atoms with Gasteiger partial charge in [-0.15, -0.1) is 0 Å². The van der Waals surface area contributed by atoms with Crippen LogP contribution in [0.1, 0.15) is 31.1 Å². The number of rotatable bonds is 3. The molecule has 3 nitrogen and oxygen atoms in total. The first-order valence-corrected chi connectivity index (χ1v) is 5.42. The van der Waals surface area contributed by atoms with E-state index in [9.17, 15) is 9.90 Å². The zero-order chi connectivity index (χ0) is 12.2. The van der Waals surface area contributed by atoms with Gasteiger partial charge < -0.3 is 10.4 Å². The average Bonchev–Trinajstić information content (AvgIpc) is 2.25. The Morgan fingerprint density at radius 2 is 1.88 bits per heavy atom. The van der Waals surface area contributed by atoms with Gasteiger partial charge in [0.25, 0.3) is 5.91 Å². The molecule has 1 atom stereocenters. The van der Waals surface area contributed by atoms with Crippen molar-refractivity contribution in [2.45, 2.75) is 26.9 Å². The summed E-state index contributed by atoms with van der Waals surface area (Å²) in [7, 11) is 0. The fraction of sp³-hybridized carbons (Fsp3) is 0.462. The summed E-state index contributed by atoms with van der Waals surface area (Å²) in [5.41, 5.74) is 0.396. The summed E-state index contributed by atoms with van der Waals surface area (Å²) >= 11 is 0. The van der Waals surface area contributed by atoms with Crippen LogP contribution in [0.25, 0.3) is 0 Å². The van der Waals surface area contributed by atoms with Crippen LogP contribution in [-0.4, -0.2) is 23.7 Å². The number of aliphatic hydroxyl groups is 1. The molecule has 1 aromatic carbocycles. The number of carbonyl (C=O) groups excluding carboxylic acids is 1. The lowest BCUT2D eigenvalue weighted by Gasteiger charge is -2.25. The third-order valence-electron chi connectivity index (χ3n) is 2.49. The first-order chi connectivity index (χ1) is 7.41. The normalized spacial score (nSPS) is 13.2. The van der Waals surface area contributed by atoms with E-state index in [4.69, 9.17) is 0 Å². The highest BCUT2D eigenvalue weighted by Crippen LogP contribution is 2.18. The Labute approximate surface area is 96.5 Å². The number of aliphatic hydroxyl groups excluding tert-OH is 1. The third-order valence-corrected chi connectivity index (χ3v) is 2.49. The fourth-order valence-electron chi connectivity index (χ4n) is 1.19. The average molecular weight is 221 g/mol. The molecule has 1 amide bonds. The zero-order valence-electron chi connectivity index (χ0n) is 10.0. The third kappa shape index (κ3) is 3.66. The molecule has 0 radical (unpaired) electrons. The molecule has 1 rings (SSSR count). The van der Waals surface area contributed by atoms with Gasteiger partial charge >= 0.3 is 0 Å². The minimum atomic E-state index is -0.542. The molecule has 0 fully saturated rings. The predicted molar refractivity (Wildman–Crippen MR) is 64.2 cm³/mol. The molecular weight excluding hydrogens is 202 g/mol. The van der Waals surface area contributed by atoms with Crippen molar-refractivity contribution in [1.82, 2.24) is 5.32 Å². The predicted octanol–water partition coefficient (Wildman–Crippen LogP) is 1.82. The summed E-state index contributed by atoms with van der Waals surface area (Å²) in [6.07, 6.45) is -0.542. The molecule has 1 unspecified atom stereocenters. The Balaban J connectivity index is 2.48. The van der Waals surface area contributed by atoms with Gasteiger partial charge in [-0.25, -0.2) is 0 Å². The monoisotopic (exact) mass is 221 g/mol. The molecule has 0 spiro atoms. The Morgan fingerprint density at radius 1 is 1.31 bits per heavy atom. The maximum Gasteiger partial charge on any atom is 0.251 e. The summed E-state index contributed by atoms with van der Waals surface area (Å²) in [4.78, 5) is 11.7. The fourth-order valence-corrected chi connectivity index (χ4v) is 1.19. The minimum absolute atomic E-state index is 0.149. The van der Waals surface area contributed by atoms with E-state index in [0.29, 0.717) is 5.56 Å². The SMILES string of the molecule is CC(C)(C)C(O)CNC(=O)c1ccccc1. The molecule has 0 bridgehead atoms. The highest BCUT2D eigenvalue weighted by atomic mass is 16.3. The molecule has 0 aliphatic heterocycles.